The predicted octanol–water partition coefficient (Wildman–Crippen LogP) is 1.55. The molecule has 0 aliphatic carbocycles. The van der Waals surface area contributed by atoms with E-state index in [1.54, 1.807) is 26.0 Å². The Morgan fingerprint density at radius 1 is 1.33 bits per heavy atom. The molecule has 1 N–H and O–H groups in total. The van der Waals surface area contributed by atoms with E-state index >= 15 is 0 Å². The van der Waals surface area contributed by atoms with Crippen molar-refractivity contribution in [1.29, 1.82) is 0 Å². The van der Waals surface area contributed by atoms with Crippen LogP contribution in [-0.4, -0.2) is 43.5 Å². The second-order valence-electron chi connectivity index (χ2n) is 5.20. The van der Waals surface area contributed by atoms with Gasteiger partial charge in [-0.05, 0) is 49.9 Å². The Kier molecular flexibility index (Phi) is 4.25. The lowest BCUT2D eigenvalue weighted by Crippen LogP contribution is -2.40. The molecule has 0 spiro atoms. The van der Waals surface area contributed by atoms with Gasteiger partial charge < -0.3 is 9.84 Å². The standard InChI is InChI=1S/C14H19NO5S/c1-9-8-13(10(2)7-12(9)20-3)21(18,19)15-6-4-5-11(15)14(16)17/h7-8,11H,4-6H2,1-3H3,(H,16,17)/t11-/m0/s1. The number of carboxylic acids is 1. The van der Waals surface area contributed by atoms with Crippen LogP contribution in [0.5, 0.6) is 5.75 Å². The molecule has 0 radical (unpaired) electrons. The van der Waals surface area contributed by atoms with E-state index in [0.717, 1.165) is 4.31 Å². The van der Waals surface area contributed by atoms with Gasteiger partial charge in [0.1, 0.15) is 11.8 Å². The Labute approximate surface area is 124 Å². The number of carboxylic acid groups (broad SMARTS) is 1. The first kappa shape index (κ1) is 15.8. The zero-order valence-corrected chi connectivity index (χ0v) is 13.1. The number of ether oxygens (including phenoxy) is 1. The van der Waals surface area contributed by atoms with Gasteiger partial charge in [0.2, 0.25) is 10.0 Å². The minimum Gasteiger partial charge on any atom is -0.496 e. The first-order valence-electron chi connectivity index (χ1n) is 6.69. The van der Waals surface area contributed by atoms with E-state index in [2.05, 4.69) is 0 Å². The molecule has 1 aromatic rings. The summed E-state index contributed by atoms with van der Waals surface area (Å²) in [5.41, 5.74) is 1.25. The van der Waals surface area contributed by atoms with Crippen molar-refractivity contribution in [2.24, 2.45) is 0 Å². The van der Waals surface area contributed by atoms with Gasteiger partial charge >= 0.3 is 5.97 Å². The molecule has 1 aliphatic rings. The molecule has 1 aliphatic heterocycles. The summed E-state index contributed by atoms with van der Waals surface area (Å²) in [4.78, 5) is 11.4. The topological polar surface area (TPSA) is 83.9 Å². The first-order valence-corrected chi connectivity index (χ1v) is 8.13. The fourth-order valence-corrected chi connectivity index (χ4v) is 4.61. The van der Waals surface area contributed by atoms with Crippen LogP contribution in [0.25, 0.3) is 0 Å². The van der Waals surface area contributed by atoms with Gasteiger partial charge in [-0.3, -0.25) is 4.79 Å². The average Bonchev–Trinajstić information content (AvgIpc) is 2.91. The molecule has 0 aromatic heterocycles. The molecule has 0 saturated carbocycles. The Morgan fingerprint density at radius 2 is 2.00 bits per heavy atom. The predicted molar refractivity (Wildman–Crippen MR) is 77.0 cm³/mol. The summed E-state index contributed by atoms with van der Waals surface area (Å²) < 4.78 is 31.8. The summed E-state index contributed by atoms with van der Waals surface area (Å²) in [6, 6.07) is 2.23. The number of hydrogen-bond acceptors (Lipinski definition) is 4. The number of aliphatic carboxylic acids is 1. The molecule has 0 amide bonds. The molecule has 7 heteroatoms. The van der Waals surface area contributed by atoms with Crippen molar-refractivity contribution in [1.82, 2.24) is 4.31 Å². The summed E-state index contributed by atoms with van der Waals surface area (Å²) in [6.45, 7) is 3.68. The van der Waals surface area contributed by atoms with Crippen LogP contribution in [0.15, 0.2) is 17.0 Å². The third kappa shape index (κ3) is 2.75. The summed E-state index contributed by atoms with van der Waals surface area (Å²) in [5, 5.41) is 9.17. The lowest BCUT2D eigenvalue weighted by molar-refractivity contribution is -0.140. The number of nitrogens with zero attached hydrogens (tertiary/aromatic N) is 1. The highest BCUT2D eigenvalue weighted by molar-refractivity contribution is 7.89. The summed E-state index contributed by atoms with van der Waals surface area (Å²) in [5.74, 6) is -0.485. The maximum atomic E-state index is 12.7. The van der Waals surface area contributed by atoms with Crippen molar-refractivity contribution < 1.29 is 23.1 Å². The molecule has 0 unspecified atom stereocenters. The van der Waals surface area contributed by atoms with Crippen LogP contribution < -0.4 is 4.74 Å². The van der Waals surface area contributed by atoms with Crippen molar-refractivity contribution in [2.75, 3.05) is 13.7 Å². The highest BCUT2D eigenvalue weighted by Gasteiger charge is 2.40. The van der Waals surface area contributed by atoms with Crippen molar-refractivity contribution in [3.05, 3.63) is 23.3 Å². The Morgan fingerprint density at radius 3 is 2.57 bits per heavy atom. The highest BCUT2D eigenvalue weighted by Crippen LogP contribution is 2.31. The lowest BCUT2D eigenvalue weighted by Gasteiger charge is -2.22. The number of aryl methyl sites for hydroxylation is 2. The third-order valence-corrected chi connectivity index (χ3v) is 5.82. The molecule has 1 atom stereocenters. The molecule has 116 valence electrons. The molecule has 1 saturated heterocycles. The molecular weight excluding hydrogens is 294 g/mol. The van der Waals surface area contributed by atoms with E-state index in [4.69, 9.17) is 4.74 Å². The second kappa shape index (κ2) is 5.65. The number of hydrogen-bond donors (Lipinski definition) is 1. The highest BCUT2D eigenvalue weighted by atomic mass is 32.2. The van der Waals surface area contributed by atoms with Gasteiger partial charge in [-0.25, -0.2) is 8.42 Å². The van der Waals surface area contributed by atoms with Crippen LogP contribution in [0, 0.1) is 13.8 Å². The molecule has 21 heavy (non-hydrogen) atoms. The van der Waals surface area contributed by atoms with Crippen LogP contribution >= 0.6 is 0 Å². The maximum Gasteiger partial charge on any atom is 0.322 e. The quantitative estimate of drug-likeness (QED) is 0.911. The maximum absolute atomic E-state index is 12.7. The monoisotopic (exact) mass is 313 g/mol. The van der Waals surface area contributed by atoms with Gasteiger partial charge in [0, 0.05) is 6.54 Å². The van der Waals surface area contributed by atoms with Crippen LogP contribution in [-0.2, 0) is 14.8 Å². The minimum atomic E-state index is -3.81. The van der Waals surface area contributed by atoms with E-state index in [9.17, 15) is 18.3 Å². The van der Waals surface area contributed by atoms with Crippen molar-refractivity contribution >= 4 is 16.0 Å². The molecule has 2 rings (SSSR count). The first-order chi connectivity index (χ1) is 9.78. The van der Waals surface area contributed by atoms with Crippen LogP contribution in [0.1, 0.15) is 24.0 Å². The zero-order chi connectivity index (χ0) is 15.8. The lowest BCUT2D eigenvalue weighted by atomic mass is 10.1. The SMILES string of the molecule is COc1cc(C)c(S(=O)(=O)N2CCC[C@H]2C(=O)O)cc1C. The van der Waals surface area contributed by atoms with Crippen LogP contribution in [0.2, 0.25) is 0 Å². The van der Waals surface area contributed by atoms with E-state index in [0.29, 0.717) is 29.7 Å². The Hall–Kier alpha value is -1.60. The van der Waals surface area contributed by atoms with E-state index < -0.39 is 22.0 Å². The number of sulfonamides is 1. The molecule has 1 aromatic carbocycles. The Bertz CT molecular complexity index is 668. The van der Waals surface area contributed by atoms with Crippen molar-refractivity contribution in [2.45, 2.75) is 37.6 Å². The molecule has 1 heterocycles. The van der Waals surface area contributed by atoms with Crippen molar-refractivity contribution in [3.8, 4) is 5.75 Å². The fraction of sp³-hybridized carbons (Fsp3) is 0.500. The van der Waals surface area contributed by atoms with Gasteiger partial charge in [-0.15, -0.1) is 0 Å². The van der Waals surface area contributed by atoms with Gasteiger partial charge in [0.25, 0.3) is 0 Å². The average molecular weight is 313 g/mol. The number of carbonyl (C=O) groups is 1. The van der Waals surface area contributed by atoms with Gasteiger partial charge in [0.05, 0.1) is 12.0 Å². The number of methoxy groups -OCH3 is 1. The normalized spacial score (nSPS) is 19.7. The number of benzene rings is 1. The number of rotatable bonds is 4. The van der Waals surface area contributed by atoms with E-state index in [-0.39, 0.29) is 11.4 Å². The molecule has 1 fully saturated rings. The minimum absolute atomic E-state index is 0.147. The summed E-state index contributed by atoms with van der Waals surface area (Å²) in [7, 11) is -2.29. The molecule has 6 nitrogen and oxygen atoms in total. The third-order valence-electron chi connectivity index (χ3n) is 3.77. The fourth-order valence-electron chi connectivity index (χ4n) is 2.66. The van der Waals surface area contributed by atoms with Gasteiger partial charge in [-0.2, -0.15) is 4.31 Å². The van der Waals surface area contributed by atoms with E-state index in [1.165, 1.54) is 7.11 Å². The molecule has 0 bridgehead atoms. The van der Waals surface area contributed by atoms with Crippen LogP contribution in [0.4, 0.5) is 0 Å². The Balaban J connectivity index is 2.49. The van der Waals surface area contributed by atoms with Crippen molar-refractivity contribution in [3.63, 3.8) is 0 Å². The summed E-state index contributed by atoms with van der Waals surface area (Å²) >= 11 is 0. The van der Waals surface area contributed by atoms with Crippen LogP contribution in [0.3, 0.4) is 0 Å². The summed E-state index contributed by atoms with van der Waals surface area (Å²) in [6.07, 6.45) is 0.910. The zero-order valence-electron chi connectivity index (χ0n) is 12.3. The van der Waals surface area contributed by atoms with Gasteiger partial charge in [-0.1, -0.05) is 0 Å². The van der Waals surface area contributed by atoms with Gasteiger partial charge in [0.15, 0.2) is 0 Å². The van der Waals surface area contributed by atoms with E-state index in [1.807, 2.05) is 0 Å². The second-order valence-corrected chi connectivity index (χ2v) is 7.06. The smallest absolute Gasteiger partial charge is 0.322 e. The largest absolute Gasteiger partial charge is 0.496 e. The molecular formula is C14H19NO5S.